The van der Waals surface area contributed by atoms with Crippen molar-refractivity contribution in [3.05, 3.63) is 0 Å². The fourth-order valence-corrected chi connectivity index (χ4v) is 1.17. The number of hydrogen-bond donors (Lipinski definition) is 3. The molecule has 0 aliphatic rings. The van der Waals surface area contributed by atoms with Crippen molar-refractivity contribution < 1.29 is 29.7 Å². The molecule has 0 aliphatic carbocycles. The first-order valence-corrected chi connectivity index (χ1v) is 4.98. The van der Waals surface area contributed by atoms with Crippen LogP contribution in [0.2, 0.25) is 0 Å². The quantitative estimate of drug-likeness (QED) is 0.516. The van der Waals surface area contributed by atoms with Crippen molar-refractivity contribution in [2.24, 2.45) is 0 Å². The summed E-state index contributed by atoms with van der Waals surface area (Å²) in [4.78, 5) is 34.6. The molecule has 7 heteroatoms. The van der Waals surface area contributed by atoms with Crippen molar-refractivity contribution in [1.82, 2.24) is 4.90 Å². The zero-order valence-corrected chi connectivity index (χ0v) is 10.2. The average molecular weight is 247 g/mol. The van der Waals surface area contributed by atoms with Crippen LogP contribution in [0.3, 0.4) is 0 Å². The number of carbonyl (C=O) groups is 3. The van der Waals surface area contributed by atoms with E-state index in [-0.39, 0.29) is 0 Å². The molecular weight excluding hydrogens is 230 g/mol. The molecule has 0 radical (unpaired) electrons. The standard InChI is InChI=1S/C10H17NO6/c1-5(11(4)8(14)6(2)12)7(13)10(3,17)9(15)16/h5-6,12,17H,1-4H3,(H,15,16)/t5-,6-,10-/m0/s1. The fraction of sp³-hybridized carbons (Fsp3) is 0.700. The molecule has 0 saturated carbocycles. The molecule has 17 heavy (non-hydrogen) atoms. The molecule has 0 aromatic heterocycles. The number of amides is 1. The van der Waals surface area contributed by atoms with E-state index in [4.69, 9.17) is 10.2 Å². The number of carboxylic acid groups (broad SMARTS) is 1. The highest BCUT2D eigenvalue weighted by Gasteiger charge is 2.43. The number of likely N-dealkylation sites (N-methyl/N-ethyl adjacent to an activating group) is 1. The van der Waals surface area contributed by atoms with E-state index in [9.17, 15) is 19.5 Å². The normalized spacial score (nSPS) is 17.8. The molecule has 0 rings (SSSR count). The van der Waals surface area contributed by atoms with Gasteiger partial charge in [0.2, 0.25) is 5.60 Å². The minimum absolute atomic E-state index is 0.730. The van der Waals surface area contributed by atoms with Gasteiger partial charge in [-0.2, -0.15) is 0 Å². The van der Waals surface area contributed by atoms with E-state index < -0.39 is 35.4 Å². The summed E-state index contributed by atoms with van der Waals surface area (Å²) in [5, 5.41) is 27.2. The summed E-state index contributed by atoms with van der Waals surface area (Å²) in [7, 11) is 1.25. The van der Waals surface area contributed by atoms with Gasteiger partial charge in [-0.3, -0.25) is 9.59 Å². The third kappa shape index (κ3) is 3.24. The number of nitrogens with zero attached hydrogens (tertiary/aromatic N) is 1. The number of ketones is 1. The molecule has 0 fully saturated rings. The van der Waals surface area contributed by atoms with Gasteiger partial charge in [0, 0.05) is 7.05 Å². The van der Waals surface area contributed by atoms with E-state index in [0.717, 1.165) is 11.8 Å². The van der Waals surface area contributed by atoms with Crippen LogP contribution in [0.5, 0.6) is 0 Å². The summed E-state index contributed by atoms with van der Waals surface area (Å²) < 4.78 is 0. The van der Waals surface area contributed by atoms with Crippen molar-refractivity contribution in [2.75, 3.05) is 7.05 Å². The van der Waals surface area contributed by atoms with Crippen LogP contribution in [0.1, 0.15) is 20.8 Å². The molecule has 3 N–H and O–H groups in total. The number of Topliss-reactive ketones (excluding diaryl/α,β-unsaturated/α-hetero) is 1. The Kier molecular flexibility index (Phi) is 4.79. The van der Waals surface area contributed by atoms with Crippen molar-refractivity contribution in [2.45, 2.75) is 38.5 Å². The number of aliphatic hydroxyl groups excluding tert-OH is 1. The van der Waals surface area contributed by atoms with Gasteiger partial charge in [0.1, 0.15) is 6.10 Å². The lowest BCUT2D eigenvalue weighted by Crippen LogP contribution is -2.54. The SMILES string of the molecule is C[C@H](O)C(=O)N(C)[C@@H](C)C(=O)[C@](C)(O)C(=O)O. The van der Waals surface area contributed by atoms with Crippen molar-refractivity contribution >= 4 is 17.7 Å². The largest absolute Gasteiger partial charge is 0.479 e. The molecule has 98 valence electrons. The monoisotopic (exact) mass is 247 g/mol. The van der Waals surface area contributed by atoms with Gasteiger partial charge in [0.25, 0.3) is 5.91 Å². The van der Waals surface area contributed by atoms with E-state index in [0.29, 0.717) is 0 Å². The third-order valence-corrected chi connectivity index (χ3v) is 2.56. The van der Waals surface area contributed by atoms with E-state index in [2.05, 4.69) is 0 Å². The Balaban J connectivity index is 4.95. The fourth-order valence-electron chi connectivity index (χ4n) is 1.17. The second-order valence-corrected chi connectivity index (χ2v) is 4.04. The van der Waals surface area contributed by atoms with Crippen molar-refractivity contribution in [1.29, 1.82) is 0 Å². The lowest BCUT2D eigenvalue weighted by atomic mass is 9.95. The number of carbonyl (C=O) groups excluding carboxylic acids is 2. The van der Waals surface area contributed by atoms with E-state index >= 15 is 0 Å². The Morgan fingerprint density at radius 3 is 1.94 bits per heavy atom. The van der Waals surface area contributed by atoms with E-state index in [1.807, 2.05) is 0 Å². The van der Waals surface area contributed by atoms with Crippen molar-refractivity contribution in [3.8, 4) is 0 Å². The number of aliphatic carboxylic acids is 1. The summed E-state index contributed by atoms with van der Waals surface area (Å²) >= 11 is 0. The van der Waals surface area contributed by atoms with Crippen LogP contribution in [0.4, 0.5) is 0 Å². The number of carboxylic acids is 1. The van der Waals surface area contributed by atoms with Gasteiger partial charge in [-0.15, -0.1) is 0 Å². The summed E-state index contributed by atoms with van der Waals surface area (Å²) in [5.74, 6) is -3.44. The molecule has 7 nitrogen and oxygen atoms in total. The van der Waals surface area contributed by atoms with Gasteiger partial charge in [-0.1, -0.05) is 0 Å². The zero-order valence-electron chi connectivity index (χ0n) is 10.2. The summed E-state index contributed by atoms with van der Waals surface area (Å²) in [6.07, 6.45) is -1.30. The molecule has 0 aliphatic heterocycles. The van der Waals surface area contributed by atoms with Gasteiger partial charge >= 0.3 is 5.97 Å². The molecule has 1 amide bonds. The zero-order chi connectivity index (χ0) is 14.0. The summed E-state index contributed by atoms with van der Waals surface area (Å²) in [6.45, 7) is 3.35. The van der Waals surface area contributed by atoms with Crippen molar-refractivity contribution in [3.63, 3.8) is 0 Å². The highest BCUT2D eigenvalue weighted by molar-refractivity contribution is 6.08. The first-order valence-electron chi connectivity index (χ1n) is 4.98. The first-order chi connectivity index (χ1) is 7.53. The Labute approximate surface area is 98.7 Å². The van der Waals surface area contributed by atoms with Gasteiger partial charge in [-0.25, -0.2) is 4.79 Å². The smallest absolute Gasteiger partial charge is 0.343 e. The maximum Gasteiger partial charge on any atom is 0.343 e. The maximum atomic E-state index is 11.7. The predicted octanol–water partition coefficient (Wildman–Crippen LogP) is -1.38. The van der Waals surface area contributed by atoms with Crippen LogP contribution < -0.4 is 0 Å². The molecule has 0 aromatic carbocycles. The molecule has 0 bridgehead atoms. The molecule has 0 saturated heterocycles. The Morgan fingerprint density at radius 2 is 1.65 bits per heavy atom. The summed E-state index contributed by atoms with van der Waals surface area (Å²) in [6, 6.07) is -1.15. The second-order valence-electron chi connectivity index (χ2n) is 4.04. The van der Waals surface area contributed by atoms with Crippen LogP contribution in [-0.4, -0.2) is 62.7 Å². The van der Waals surface area contributed by atoms with Gasteiger partial charge in [-0.05, 0) is 20.8 Å². The van der Waals surface area contributed by atoms with Crippen LogP contribution in [0, 0.1) is 0 Å². The topological polar surface area (TPSA) is 115 Å². The number of rotatable bonds is 5. The molecule has 0 heterocycles. The van der Waals surface area contributed by atoms with Gasteiger partial charge in [0.15, 0.2) is 5.78 Å². The first kappa shape index (κ1) is 15.5. The van der Waals surface area contributed by atoms with Gasteiger partial charge in [0.05, 0.1) is 6.04 Å². The average Bonchev–Trinajstić information content (AvgIpc) is 2.24. The van der Waals surface area contributed by atoms with Gasteiger partial charge < -0.3 is 20.2 Å². The predicted molar refractivity (Wildman–Crippen MR) is 57.2 cm³/mol. The molecular formula is C10H17NO6. The number of hydrogen-bond acceptors (Lipinski definition) is 5. The minimum atomic E-state index is -2.56. The van der Waals surface area contributed by atoms with Crippen LogP contribution >= 0.6 is 0 Å². The highest BCUT2D eigenvalue weighted by atomic mass is 16.4. The lowest BCUT2D eigenvalue weighted by molar-refractivity contribution is -0.166. The Hall–Kier alpha value is -1.47. The Bertz CT molecular complexity index is 336. The Morgan fingerprint density at radius 1 is 1.24 bits per heavy atom. The van der Waals surface area contributed by atoms with Crippen LogP contribution in [0.15, 0.2) is 0 Å². The summed E-state index contributed by atoms with van der Waals surface area (Å²) in [5.41, 5.74) is -2.56. The van der Waals surface area contributed by atoms with E-state index in [1.54, 1.807) is 0 Å². The third-order valence-electron chi connectivity index (χ3n) is 2.56. The maximum absolute atomic E-state index is 11.7. The van der Waals surface area contributed by atoms with E-state index in [1.165, 1.54) is 20.9 Å². The highest BCUT2D eigenvalue weighted by Crippen LogP contribution is 2.12. The lowest BCUT2D eigenvalue weighted by Gasteiger charge is -2.29. The molecule has 0 spiro atoms. The second kappa shape index (κ2) is 5.24. The minimum Gasteiger partial charge on any atom is -0.479 e. The van der Waals surface area contributed by atoms with Crippen LogP contribution in [-0.2, 0) is 14.4 Å². The molecule has 0 unspecified atom stereocenters. The number of aliphatic hydroxyl groups is 2. The van der Waals surface area contributed by atoms with Crippen LogP contribution in [0.25, 0.3) is 0 Å². The molecule has 3 atom stereocenters. The molecule has 0 aromatic rings.